The van der Waals surface area contributed by atoms with Crippen molar-refractivity contribution in [3.8, 4) is 5.75 Å². The van der Waals surface area contributed by atoms with Crippen LogP contribution in [0, 0.1) is 5.82 Å². The summed E-state index contributed by atoms with van der Waals surface area (Å²) in [6.45, 7) is 0.851. The van der Waals surface area contributed by atoms with E-state index in [1.54, 1.807) is 24.3 Å². The van der Waals surface area contributed by atoms with E-state index in [-0.39, 0.29) is 17.5 Å². The van der Waals surface area contributed by atoms with E-state index in [0.29, 0.717) is 10.8 Å². The first-order valence-corrected chi connectivity index (χ1v) is 6.61. The van der Waals surface area contributed by atoms with Crippen LogP contribution in [0.4, 0.5) is 4.39 Å². The predicted octanol–water partition coefficient (Wildman–Crippen LogP) is 2.12. The number of hydrogen-bond acceptors (Lipinski definition) is 3. The summed E-state index contributed by atoms with van der Waals surface area (Å²) in [5, 5.41) is 16.6. The van der Waals surface area contributed by atoms with Crippen LogP contribution < -0.4 is 10.6 Å². The van der Waals surface area contributed by atoms with Crippen LogP contribution in [-0.4, -0.2) is 23.7 Å². The molecule has 3 rings (SSSR count). The smallest absolute Gasteiger partial charge is 0.256 e. The molecule has 0 aromatic heterocycles. The zero-order valence-corrected chi connectivity index (χ0v) is 10.8. The fraction of sp³-hybridized carbons (Fsp3) is 0.267. The van der Waals surface area contributed by atoms with Gasteiger partial charge in [-0.15, -0.1) is 0 Å². The van der Waals surface area contributed by atoms with Gasteiger partial charge in [-0.1, -0.05) is 24.3 Å². The lowest BCUT2D eigenvalue weighted by atomic mass is 10.0. The fourth-order valence-corrected chi connectivity index (χ4v) is 2.59. The number of phenolic OH excluding ortho intramolecular Hbond substituents is 1. The van der Waals surface area contributed by atoms with Crippen molar-refractivity contribution in [1.29, 1.82) is 0 Å². The van der Waals surface area contributed by atoms with E-state index in [4.69, 9.17) is 0 Å². The Bertz CT molecular complexity index is 666. The van der Waals surface area contributed by atoms with Crippen LogP contribution in [-0.2, 0) is 0 Å². The Morgan fingerprint density at radius 1 is 1.35 bits per heavy atom. The fourth-order valence-electron chi connectivity index (χ4n) is 2.59. The molecule has 1 aliphatic rings. The van der Waals surface area contributed by atoms with Gasteiger partial charge in [0.1, 0.15) is 11.6 Å². The van der Waals surface area contributed by atoms with Gasteiger partial charge in [-0.2, -0.15) is 0 Å². The lowest BCUT2D eigenvalue weighted by molar-refractivity contribution is 0.0931. The number of amides is 1. The number of carbonyl (C=O) groups is 1. The molecule has 0 saturated carbocycles. The van der Waals surface area contributed by atoms with Gasteiger partial charge in [0, 0.05) is 16.8 Å². The summed E-state index contributed by atoms with van der Waals surface area (Å²) >= 11 is 0. The highest BCUT2D eigenvalue weighted by Crippen LogP contribution is 2.30. The molecule has 2 aromatic rings. The quantitative estimate of drug-likeness (QED) is 0.786. The molecule has 1 unspecified atom stereocenters. The van der Waals surface area contributed by atoms with E-state index in [1.165, 1.54) is 0 Å². The minimum Gasteiger partial charge on any atom is -0.507 e. The predicted molar refractivity (Wildman–Crippen MR) is 74.1 cm³/mol. The Morgan fingerprint density at radius 3 is 2.80 bits per heavy atom. The summed E-state index contributed by atoms with van der Waals surface area (Å²) in [4.78, 5) is 12.3. The molecule has 5 heteroatoms. The molecule has 1 fully saturated rings. The standard InChI is InChI=1S/C15H15FN2O2/c16-11-8-12(19)9-4-1-2-5-10(9)14(11)15(20)18-13-6-3-7-17-13/h1-2,4-5,8,13,17,19H,3,6-7H2,(H,18,20). The normalized spacial score (nSPS) is 18.4. The molecule has 4 nitrogen and oxygen atoms in total. The van der Waals surface area contributed by atoms with E-state index in [9.17, 15) is 14.3 Å². The summed E-state index contributed by atoms with van der Waals surface area (Å²) in [5.41, 5.74) is -0.0212. The van der Waals surface area contributed by atoms with Crippen LogP contribution in [0.2, 0.25) is 0 Å². The van der Waals surface area contributed by atoms with Gasteiger partial charge in [-0.25, -0.2) is 4.39 Å². The van der Waals surface area contributed by atoms with Gasteiger partial charge in [0.2, 0.25) is 0 Å². The number of phenols is 1. The molecule has 2 aromatic carbocycles. The first-order chi connectivity index (χ1) is 9.66. The first-order valence-electron chi connectivity index (χ1n) is 6.61. The number of hydrogen-bond donors (Lipinski definition) is 3. The molecule has 1 amide bonds. The number of fused-ring (bicyclic) bond motifs is 1. The number of nitrogens with one attached hydrogen (secondary N) is 2. The Morgan fingerprint density at radius 2 is 2.10 bits per heavy atom. The summed E-state index contributed by atoms with van der Waals surface area (Å²) in [6.07, 6.45) is 1.71. The summed E-state index contributed by atoms with van der Waals surface area (Å²) in [5.74, 6) is -1.33. The topological polar surface area (TPSA) is 61.4 Å². The van der Waals surface area contributed by atoms with Gasteiger partial charge in [0.15, 0.2) is 0 Å². The van der Waals surface area contributed by atoms with Crippen LogP contribution in [0.25, 0.3) is 10.8 Å². The lowest BCUT2D eigenvalue weighted by Gasteiger charge is -2.15. The molecule has 20 heavy (non-hydrogen) atoms. The van der Waals surface area contributed by atoms with Crippen LogP contribution >= 0.6 is 0 Å². The van der Waals surface area contributed by atoms with E-state index < -0.39 is 11.7 Å². The zero-order chi connectivity index (χ0) is 14.1. The van der Waals surface area contributed by atoms with Crippen molar-refractivity contribution in [2.24, 2.45) is 0 Å². The van der Waals surface area contributed by atoms with E-state index in [1.807, 2.05) is 0 Å². The van der Waals surface area contributed by atoms with Crippen LogP contribution in [0.5, 0.6) is 5.75 Å². The Kier molecular flexibility index (Phi) is 3.28. The molecule has 0 bridgehead atoms. The molecular formula is C15H15FN2O2. The van der Waals surface area contributed by atoms with Crippen molar-refractivity contribution in [2.75, 3.05) is 6.54 Å². The lowest BCUT2D eigenvalue weighted by Crippen LogP contribution is -2.41. The van der Waals surface area contributed by atoms with Crippen molar-refractivity contribution < 1.29 is 14.3 Å². The second-order valence-corrected chi connectivity index (χ2v) is 4.92. The average molecular weight is 274 g/mol. The second kappa shape index (κ2) is 5.09. The van der Waals surface area contributed by atoms with E-state index in [0.717, 1.165) is 25.5 Å². The van der Waals surface area contributed by atoms with E-state index >= 15 is 0 Å². The Balaban J connectivity index is 2.03. The number of aromatic hydroxyl groups is 1. The molecular weight excluding hydrogens is 259 g/mol. The van der Waals surface area contributed by atoms with Crippen LogP contribution in [0.15, 0.2) is 30.3 Å². The molecule has 0 radical (unpaired) electrons. The molecule has 1 heterocycles. The summed E-state index contributed by atoms with van der Waals surface area (Å²) in [6, 6.07) is 7.73. The third kappa shape index (κ3) is 2.20. The van der Waals surface area contributed by atoms with Crippen molar-refractivity contribution in [2.45, 2.75) is 19.0 Å². The van der Waals surface area contributed by atoms with Gasteiger partial charge >= 0.3 is 0 Å². The van der Waals surface area contributed by atoms with Gasteiger partial charge in [-0.05, 0) is 19.4 Å². The van der Waals surface area contributed by atoms with Gasteiger partial charge in [0.25, 0.3) is 5.91 Å². The zero-order valence-electron chi connectivity index (χ0n) is 10.8. The first kappa shape index (κ1) is 12.9. The van der Waals surface area contributed by atoms with E-state index in [2.05, 4.69) is 10.6 Å². The molecule has 1 aliphatic heterocycles. The molecule has 104 valence electrons. The largest absolute Gasteiger partial charge is 0.507 e. The number of carbonyl (C=O) groups excluding carboxylic acids is 1. The highest BCUT2D eigenvalue weighted by Gasteiger charge is 2.22. The van der Waals surface area contributed by atoms with Gasteiger partial charge < -0.3 is 10.4 Å². The van der Waals surface area contributed by atoms with Gasteiger partial charge in [0.05, 0.1) is 11.7 Å². The molecule has 1 saturated heterocycles. The number of halogens is 1. The van der Waals surface area contributed by atoms with Crippen molar-refractivity contribution in [1.82, 2.24) is 10.6 Å². The van der Waals surface area contributed by atoms with Crippen molar-refractivity contribution in [3.63, 3.8) is 0 Å². The molecule has 0 aliphatic carbocycles. The monoisotopic (exact) mass is 274 g/mol. The Hall–Kier alpha value is -2.14. The van der Waals surface area contributed by atoms with Crippen LogP contribution in [0.3, 0.4) is 0 Å². The SMILES string of the molecule is O=C(NC1CCCN1)c1c(F)cc(O)c2ccccc12. The van der Waals surface area contributed by atoms with Gasteiger partial charge in [-0.3, -0.25) is 10.1 Å². The average Bonchev–Trinajstić information content (AvgIpc) is 2.91. The second-order valence-electron chi connectivity index (χ2n) is 4.92. The third-order valence-electron chi connectivity index (χ3n) is 3.57. The number of benzene rings is 2. The van der Waals surface area contributed by atoms with Crippen molar-refractivity contribution >= 4 is 16.7 Å². The number of rotatable bonds is 2. The minimum absolute atomic E-state index is 0.0212. The Labute approximate surface area is 115 Å². The molecule has 0 spiro atoms. The molecule has 3 N–H and O–H groups in total. The maximum atomic E-state index is 14.1. The minimum atomic E-state index is -0.711. The summed E-state index contributed by atoms with van der Waals surface area (Å²) in [7, 11) is 0. The maximum Gasteiger partial charge on any atom is 0.256 e. The maximum absolute atomic E-state index is 14.1. The summed E-state index contributed by atoms with van der Waals surface area (Å²) < 4.78 is 14.1. The third-order valence-corrected chi connectivity index (χ3v) is 3.57. The highest BCUT2D eigenvalue weighted by molar-refractivity contribution is 6.08. The highest BCUT2D eigenvalue weighted by atomic mass is 19.1. The van der Waals surface area contributed by atoms with Crippen LogP contribution in [0.1, 0.15) is 23.2 Å². The van der Waals surface area contributed by atoms with Crippen molar-refractivity contribution in [3.05, 3.63) is 41.7 Å². The molecule has 1 atom stereocenters.